The molecule has 0 spiro atoms. The second kappa shape index (κ2) is 4.29. The van der Waals surface area contributed by atoms with Crippen LogP contribution in [0.2, 0.25) is 0 Å². The highest BCUT2D eigenvalue weighted by Crippen LogP contribution is 2.20. The van der Waals surface area contributed by atoms with Gasteiger partial charge in [0.05, 0.1) is 0 Å². The molecule has 0 aromatic rings. The number of carbonyl (C=O) groups excluding carboxylic acids is 1. The fraction of sp³-hybridized carbons (Fsp3) is 0.700. The van der Waals surface area contributed by atoms with Crippen LogP contribution in [0.1, 0.15) is 39.5 Å². The number of carbonyl (C=O) groups is 1. The van der Waals surface area contributed by atoms with Gasteiger partial charge in [0.15, 0.2) is 0 Å². The first-order valence-corrected chi connectivity index (χ1v) is 4.63. The van der Waals surface area contributed by atoms with Crippen molar-refractivity contribution >= 4 is 5.97 Å². The van der Waals surface area contributed by atoms with Gasteiger partial charge in [0.25, 0.3) is 0 Å². The Morgan fingerprint density at radius 1 is 1.50 bits per heavy atom. The second-order valence-electron chi connectivity index (χ2n) is 3.31. The molecule has 0 aromatic heterocycles. The van der Waals surface area contributed by atoms with Crippen molar-refractivity contribution in [2.75, 3.05) is 0 Å². The van der Waals surface area contributed by atoms with Crippen molar-refractivity contribution in [1.29, 1.82) is 0 Å². The fourth-order valence-corrected chi connectivity index (χ4v) is 1.41. The van der Waals surface area contributed by atoms with Gasteiger partial charge in [-0.3, -0.25) is 0 Å². The second-order valence-corrected chi connectivity index (χ2v) is 3.31. The van der Waals surface area contributed by atoms with E-state index in [0.717, 1.165) is 18.4 Å². The average Bonchev–Trinajstić information content (AvgIpc) is 2.31. The van der Waals surface area contributed by atoms with Crippen LogP contribution >= 0.6 is 0 Å². The highest BCUT2D eigenvalue weighted by Gasteiger charge is 2.21. The van der Waals surface area contributed by atoms with E-state index >= 15 is 0 Å². The maximum Gasteiger partial charge on any atom is 0.331 e. The third-order valence-electron chi connectivity index (χ3n) is 2.18. The van der Waals surface area contributed by atoms with Crippen LogP contribution in [-0.4, -0.2) is 12.1 Å². The van der Waals surface area contributed by atoms with Crippen molar-refractivity contribution < 1.29 is 9.53 Å². The average molecular weight is 168 g/mol. The fourth-order valence-electron chi connectivity index (χ4n) is 1.41. The first-order valence-electron chi connectivity index (χ1n) is 4.63. The van der Waals surface area contributed by atoms with Crippen molar-refractivity contribution in [3.8, 4) is 0 Å². The van der Waals surface area contributed by atoms with Gasteiger partial charge in [-0.1, -0.05) is 19.8 Å². The number of cyclic esters (lactones) is 1. The summed E-state index contributed by atoms with van der Waals surface area (Å²) in [5.41, 5.74) is 1.08. The summed E-state index contributed by atoms with van der Waals surface area (Å²) >= 11 is 0. The van der Waals surface area contributed by atoms with Crippen LogP contribution in [0, 0.1) is 0 Å². The normalized spacial score (nSPS) is 22.3. The minimum Gasteiger partial charge on any atom is -0.455 e. The number of rotatable bonds is 4. The number of hydrogen-bond acceptors (Lipinski definition) is 2. The topological polar surface area (TPSA) is 26.3 Å². The molecule has 0 saturated carbocycles. The minimum atomic E-state index is -0.172. The molecule has 2 heteroatoms. The zero-order valence-corrected chi connectivity index (χ0v) is 7.80. The molecule has 0 N–H and O–H groups in total. The Hall–Kier alpha value is -0.790. The van der Waals surface area contributed by atoms with Crippen LogP contribution in [0.3, 0.4) is 0 Å². The molecular weight excluding hydrogens is 152 g/mol. The number of hydrogen-bond donors (Lipinski definition) is 0. The van der Waals surface area contributed by atoms with E-state index in [4.69, 9.17) is 4.74 Å². The van der Waals surface area contributed by atoms with Crippen molar-refractivity contribution in [2.24, 2.45) is 0 Å². The highest BCUT2D eigenvalue weighted by molar-refractivity contribution is 5.85. The molecule has 1 unspecified atom stereocenters. The van der Waals surface area contributed by atoms with Gasteiger partial charge in [-0.25, -0.2) is 4.79 Å². The summed E-state index contributed by atoms with van der Waals surface area (Å²) in [6.45, 7) is 4.13. The predicted molar refractivity (Wildman–Crippen MR) is 47.8 cm³/mol. The largest absolute Gasteiger partial charge is 0.455 e. The molecule has 1 aliphatic rings. The van der Waals surface area contributed by atoms with E-state index in [2.05, 4.69) is 6.92 Å². The maximum atomic E-state index is 10.8. The van der Waals surface area contributed by atoms with Crippen LogP contribution in [0.15, 0.2) is 11.6 Å². The van der Waals surface area contributed by atoms with Crippen molar-refractivity contribution in [1.82, 2.24) is 0 Å². The third kappa shape index (κ3) is 2.36. The van der Waals surface area contributed by atoms with Crippen LogP contribution in [0.4, 0.5) is 0 Å². The number of unbranched alkanes of at least 4 members (excludes halogenated alkanes) is 2. The summed E-state index contributed by atoms with van der Waals surface area (Å²) < 4.78 is 5.09. The van der Waals surface area contributed by atoms with Crippen LogP contribution in [-0.2, 0) is 9.53 Å². The van der Waals surface area contributed by atoms with E-state index in [1.165, 1.54) is 12.8 Å². The molecule has 0 radical (unpaired) electrons. The Morgan fingerprint density at radius 3 is 2.75 bits per heavy atom. The Balaban J connectivity index is 2.26. The zero-order chi connectivity index (χ0) is 8.97. The summed E-state index contributed by atoms with van der Waals surface area (Å²) in [6.07, 6.45) is 6.24. The van der Waals surface area contributed by atoms with E-state index in [0.29, 0.717) is 0 Å². The molecule has 0 bridgehead atoms. The molecule has 2 nitrogen and oxygen atoms in total. The molecule has 0 fully saturated rings. The lowest BCUT2D eigenvalue weighted by atomic mass is 10.1. The summed E-state index contributed by atoms with van der Waals surface area (Å²) in [5, 5.41) is 0. The Morgan fingerprint density at radius 2 is 2.25 bits per heavy atom. The molecule has 0 amide bonds. The molecule has 1 heterocycles. The quantitative estimate of drug-likeness (QED) is 0.476. The summed E-state index contributed by atoms with van der Waals surface area (Å²) in [6, 6.07) is 0. The summed E-state index contributed by atoms with van der Waals surface area (Å²) in [4.78, 5) is 10.8. The van der Waals surface area contributed by atoms with Crippen molar-refractivity contribution in [2.45, 2.75) is 45.6 Å². The first kappa shape index (κ1) is 9.30. The SMILES string of the molecule is CCCCCC1OC(=O)C=C1C. The highest BCUT2D eigenvalue weighted by atomic mass is 16.5. The van der Waals surface area contributed by atoms with Gasteiger partial charge in [0.1, 0.15) is 6.10 Å². The van der Waals surface area contributed by atoms with E-state index in [1.54, 1.807) is 6.08 Å². The summed E-state index contributed by atoms with van der Waals surface area (Å²) in [5.74, 6) is -0.172. The van der Waals surface area contributed by atoms with Crippen LogP contribution < -0.4 is 0 Å². The molecule has 0 aliphatic carbocycles. The van der Waals surface area contributed by atoms with Gasteiger partial charge in [-0.05, 0) is 25.3 Å². The Bertz CT molecular complexity index is 194. The Kier molecular flexibility index (Phi) is 3.32. The summed E-state index contributed by atoms with van der Waals surface area (Å²) in [7, 11) is 0. The number of esters is 1. The Labute approximate surface area is 73.6 Å². The van der Waals surface area contributed by atoms with E-state index in [1.807, 2.05) is 6.92 Å². The van der Waals surface area contributed by atoms with Crippen LogP contribution in [0.5, 0.6) is 0 Å². The first-order chi connectivity index (χ1) is 5.74. The molecule has 1 rings (SSSR count). The van der Waals surface area contributed by atoms with Crippen LogP contribution in [0.25, 0.3) is 0 Å². The van der Waals surface area contributed by atoms with Crippen molar-refractivity contribution in [3.63, 3.8) is 0 Å². The van der Waals surface area contributed by atoms with Gasteiger partial charge >= 0.3 is 5.97 Å². The number of ether oxygens (including phenoxy) is 1. The van der Waals surface area contributed by atoms with E-state index < -0.39 is 0 Å². The third-order valence-corrected chi connectivity index (χ3v) is 2.18. The standard InChI is InChI=1S/C10H16O2/c1-3-4-5-6-9-8(2)7-10(11)12-9/h7,9H,3-6H2,1-2H3. The molecule has 12 heavy (non-hydrogen) atoms. The molecule has 1 atom stereocenters. The zero-order valence-electron chi connectivity index (χ0n) is 7.80. The molecule has 0 aromatic carbocycles. The molecule has 68 valence electrons. The minimum absolute atomic E-state index is 0.0732. The smallest absolute Gasteiger partial charge is 0.331 e. The monoisotopic (exact) mass is 168 g/mol. The van der Waals surface area contributed by atoms with Gasteiger partial charge in [0.2, 0.25) is 0 Å². The van der Waals surface area contributed by atoms with Gasteiger partial charge < -0.3 is 4.74 Å². The van der Waals surface area contributed by atoms with Crippen molar-refractivity contribution in [3.05, 3.63) is 11.6 Å². The van der Waals surface area contributed by atoms with E-state index in [-0.39, 0.29) is 12.1 Å². The van der Waals surface area contributed by atoms with Gasteiger partial charge in [-0.2, -0.15) is 0 Å². The lowest BCUT2D eigenvalue weighted by Crippen LogP contribution is -2.10. The lowest BCUT2D eigenvalue weighted by Gasteiger charge is -2.10. The molecule has 1 aliphatic heterocycles. The van der Waals surface area contributed by atoms with E-state index in [9.17, 15) is 4.79 Å². The molecular formula is C10H16O2. The predicted octanol–water partition coefficient (Wildman–Crippen LogP) is 2.44. The van der Waals surface area contributed by atoms with Gasteiger partial charge in [-0.15, -0.1) is 0 Å². The van der Waals surface area contributed by atoms with Gasteiger partial charge in [0, 0.05) is 6.08 Å². The lowest BCUT2D eigenvalue weighted by molar-refractivity contribution is -0.139. The maximum absolute atomic E-state index is 10.8. The molecule has 0 saturated heterocycles.